The molecule has 0 aromatic carbocycles. The largest absolute Gasteiger partial charge is 0.313 e. The van der Waals surface area contributed by atoms with Gasteiger partial charge in [0.1, 0.15) is 0 Å². The summed E-state index contributed by atoms with van der Waals surface area (Å²) in [6.45, 7) is 26.9. The molecule has 5 heteroatoms. The van der Waals surface area contributed by atoms with Gasteiger partial charge in [-0.1, -0.05) is 34.6 Å². The second-order valence-electron chi connectivity index (χ2n) is 23.3. The molecule has 20 rings (SSSR count). The number of piperidine rings is 21. The van der Waals surface area contributed by atoms with Crippen molar-refractivity contribution in [2.24, 2.45) is 75.9 Å². The lowest BCUT2D eigenvalue weighted by Gasteiger charge is -3.08. The first-order chi connectivity index (χ1) is 25.6. The molecule has 10 bridgehead atoms. The minimum Gasteiger partial charge on any atom is -0.313 e. The molecule has 13 saturated heterocycles. The highest BCUT2D eigenvalue weighted by Crippen LogP contribution is 2.95. The van der Waals surface area contributed by atoms with Gasteiger partial charge in [-0.2, -0.15) is 0 Å². The maximum Gasteiger partial charge on any atom is 0.0220 e. The lowest BCUT2D eigenvalue weighted by atomic mass is 9.11. The Morgan fingerprint density at radius 2 is 1.17 bits per heavy atom. The van der Waals surface area contributed by atoms with E-state index in [-0.39, 0.29) is 0 Å². The summed E-state index contributed by atoms with van der Waals surface area (Å²) in [6.07, 6.45) is 22.4. The predicted molar refractivity (Wildman–Crippen MR) is 220 cm³/mol. The normalized spacial score (nSPS) is 58.6. The van der Waals surface area contributed by atoms with Gasteiger partial charge in [0.15, 0.2) is 0 Å². The summed E-state index contributed by atoms with van der Waals surface area (Å²) < 4.78 is 0. The van der Waals surface area contributed by atoms with Crippen LogP contribution in [0.4, 0.5) is 0 Å². The van der Waals surface area contributed by atoms with E-state index >= 15 is 0 Å². The van der Waals surface area contributed by atoms with E-state index in [9.17, 15) is 0 Å². The van der Waals surface area contributed by atoms with Gasteiger partial charge in [-0.3, -0.25) is 4.90 Å². The van der Waals surface area contributed by atoms with Gasteiger partial charge in [-0.05, 0) is 213 Å². The van der Waals surface area contributed by atoms with E-state index in [4.69, 9.17) is 0 Å². The van der Waals surface area contributed by atoms with Crippen molar-refractivity contribution >= 4 is 0 Å². The molecule has 0 radical (unpaired) electrons. The fraction of sp³-hybridized carbons (Fsp3) is 1.00. The Morgan fingerprint density at radius 1 is 0.547 bits per heavy atom. The third-order valence-corrected chi connectivity index (χ3v) is 20.3. The first-order valence-electron chi connectivity index (χ1n) is 24.3. The van der Waals surface area contributed by atoms with Crippen LogP contribution in [-0.2, 0) is 0 Å². The maximum atomic E-state index is 3.57. The molecule has 20 aliphatic rings. The van der Waals surface area contributed by atoms with E-state index in [2.05, 4.69) is 66.5 Å². The Morgan fingerprint density at radius 3 is 1.40 bits per heavy atom. The summed E-state index contributed by atoms with van der Waals surface area (Å²) in [5, 5.41) is 3.57. The van der Waals surface area contributed by atoms with Gasteiger partial charge >= 0.3 is 0 Å². The van der Waals surface area contributed by atoms with Crippen LogP contribution in [0, 0.1) is 75.9 Å². The highest BCUT2D eigenvalue weighted by molar-refractivity contribution is 5.54. The molecule has 13 aliphatic heterocycles. The fourth-order valence-corrected chi connectivity index (χ4v) is 16.6. The molecular weight excluding hydrogens is 647 g/mol. The topological polar surface area (TPSA) is 25.0 Å². The molecule has 300 valence electrons. The van der Waals surface area contributed by atoms with E-state index in [1.165, 1.54) is 173 Å². The summed E-state index contributed by atoms with van der Waals surface area (Å²) in [7, 11) is 0. The molecule has 5 nitrogen and oxygen atoms in total. The average molecular weight is 730 g/mol. The highest BCUT2D eigenvalue weighted by Gasteiger charge is 3.02. The van der Waals surface area contributed by atoms with Gasteiger partial charge in [-0.15, -0.1) is 0 Å². The van der Waals surface area contributed by atoms with Crippen LogP contribution in [0.15, 0.2) is 0 Å². The molecule has 20 fully saturated rings. The van der Waals surface area contributed by atoms with Gasteiger partial charge in [-0.25, -0.2) is 0 Å². The third kappa shape index (κ3) is 6.30. The molecule has 1 N–H and O–H groups in total. The second-order valence-corrected chi connectivity index (χ2v) is 23.3. The van der Waals surface area contributed by atoms with E-state index in [0.29, 0.717) is 0 Å². The molecule has 0 aromatic rings. The summed E-state index contributed by atoms with van der Waals surface area (Å²) in [4.78, 5) is 10.6. The lowest BCUT2D eigenvalue weighted by Crippen LogP contribution is -3.16. The standard InChI is InChI=1S/C9H16.C8H9N.3C8H15N.C7H13N/c1-9-5-2-8(3-6-9)4-7-9;1-8-4-2-5-3(4)7(8)9(5)6(2)8;1-7-6-9-4-2-8(7)3-5-9;1-7-6-8-2-4-9(7)5-3-8;1-6-4-7-2-3-8(6)9-5-7;1-6-4-8-3-2-7(6)5-8/h8H,2-7H2,1H3;2-7H,1H3;2*7-8H,2-6H2,1H3;6-9H,2-5H2,1H3;6-7H,2-5H2,1H3. The molecule has 13 heterocycles. The highest BCUT2D eigenvalue weighted by atomic mass is 15.5. The van der Waals surface area contributed by atoms with Crippen molar-refractivity contribution in [3.63, 3.8) is 0 Å². The number of rotatable bonds is 0. The Labute approximate surface area is 326 Å². The molecule has 0 spiro atoms. The van der Waals surface area contributed by atoms with Crippen molar-refractivity contribution in [1.29, 1.82) is 0 Å². The van der Waals surface area contributed by atoms with Crippen LogP contribution in [0.2, 0.25) is 0 Å². The third-order valence-electron chi connectivity index (χ3n) is 20.3. The first-order valence-corrected chi connectivity index (χ1v) is 24.3. The van der Waals surface area contributed by atoms with Gasteiger partial charge < -0.3 is 20.0 Å². The summed E-state index contributed by atoms with van der Waals surface area (Å²) in [5.41, 5.74) is 1.68. The molecule has 7 saturated carbocycles. The summed E-state index contributed by atoms with van der Waals surface area (Å²) >= 11 is 0. The van der Waals surface area contributed by atoms with Crippen LogP contribution < -0.4 is 5.32 Å². The zero-order valence-corrected chi connectivity index (χ0v) is 35.5. The summed E-state index contributed by atoms with van der Waals surface area (Å²) in [6, 6.07) is 5.14. The predicted octanol–water partition coefficient (Wildman–Crippen LogP) is 8.48. The van der Waals surface area contributed by atoms with Crippen LogP contribution in [0.3, 0.4) is 0 Å². The van der Waals surface area contributed by atoms with Crippen LogP contribution in [0.25, 0.3) is 0 Å². The van der Waals surface area contributed by atoms with Gasteiger partial charge in [0.2, 0.25) is 0 Å². The molecule has 53 heavy (non-hydrogen) atoms. The minimum atomic E-state index is 0.786. The average Bonchev–Trinajstić information content (AvgIpc) is 3.81. The molecule has 7 aliphatic carbocycles. The molecule has 0 aromatic heterocycles. The molecule has 12 atom stereocenters. The van der Waals surface area contributed by atoms with Crippen molar-refractivity contribution in [2.75, 3.05) is 58.9 Å². The number of hydrogen-bond donors (Lipinski definition) is 1. The number of hydrogen-bond acceptors (Lipinski definition) is 5. The SMILES string of the molecule is CC12C3C4C5C3C1N5C42.CC12CCC(CC1)CC2.CC1CC2CCC1NC2.CC1CC2CCN1CC2.CC1CN2CCC1C2.CC1CN2CCC1CC2. The van der Waals surface area contributed by atoms with Crippen molar-refractivity contribution in [3.8, 4) is 0 Å². The number of nitrogens with one attached hydrogen (secondary N) is 1. The quantitative estimate of drug-likeness (QED) is 0.270. The zero-order valence-electron chi connectivity index (χ0n) is 35.5. The van der Waals surface area contributed by atoms with E-state index in [1.807, 2.05) is 0 Å². The van der Waals surface area contributed by atoms with Crippen LogP contribution in [0.5, 0.6) is 0 Å². The zero-order chi connectivity index (χ0) is 36.2. The van der Waals surface area contributed by atoms with Crippen LogP contribution in [-0.4, -0.2) is 109 Å². The Hall–Kier alpha value is -0.200. The van der Waals surface area contributed by atoms with Gasteiger partial charge in [0.25, 0.3) is 0 Å². The van der Waals surface area contributed by atoms with E-state index in [0.717, 1.165) is 88.4 Å². The summed E-state index contributed by atoms with van der Waals surface area (Å²) in [5.74, 6) is 12.0. The second kappa shape index (κ2) is 14.3. The monoisotopic (exact) mass is 730 g/mol. The number of fused-ring (bicyclic) bond motifs is 14. The lowest BCUT2D eigenvalue weighted by molar-refractivity contribution is -0.589. The Bertz CT molecular complexity index is 1130. The molecule has 12 unspecified atom stereocenters. The Balaban J connectivity index is 0.0000000792. The van der Waals surface area contributed by atoms with Gasteiger partial charge in [0.05, 0.1) is 0 Å². The van der Waals surface area contributed by atoms with Crippen molar-refractivity contribution in [1.82, 2.24) is 24.9 Å². The van der Waals surface area contributed by atoms with Crippen molar-refractivity contribution < 1.29 is 0 Å². The fourth-order valence-electron chi connectivity index (χ4n) is 16.6. The smallest absolute Gasteiger partial charge is 0.0220 e. The van der Waals surface area contributed by atoms with E-state index in [1.54, 1.807) is 0 Å². The Kier molecular flexibility index (Phi) is 9.98. The van der Waals surface area contributed by atoms with E-state index < -0.39 is 0 Å². The minimum absolute atomic E-state index is 0.786. The van der Waals surface area contributed by atoms with Crippen LogP contribution in [0.1, 0.15) is 138 Å². The van der Waals surface area contributed by atoms with Crippen molar-refractivity contribution in [2.45, 2.75) is 168 Å². The molecule has 0 amide bonds. The number of nitrogens with zero attached hydrogens (tertiary/aromatic N) is 4. The van der Waals surface area contributed by atoms with Crippen molar-refractivity contribution in [3.05, 3.63) is 0 Å². The van der Waals surface area contributed by atoms with Crippen LogP contribution >= 0.6 is 0 Å². The molecular formula is C48H83N5. The maximum absolute atomic E-state index is 3.57. The van der Waals surface area contributed by atoms with Gasteiger partial charge in [0, 0.05) is 55.3 Å². The first kappa shape index (κ1) is 37.1.